The average molecular weight is 257 g/mol. The second kappa shape index (κ2) is 4.02. The highest BCUT2D eigenvalue weighted by atomic mass is 16.2. The molecule has 0 saturated carbocycles. The molecule has 1 amide bonds. The fourth-order valence-electron chi connectivity index (χ4n) is 2.72. The SMILES string of the molecule is CC1(C)CCN(C(=O)c2cc3cc(N)ccc3[nH]2)C1. The normalized spacial score (nSPS) is 18.1. The number of hydrogen-bond donors (Lipinski definition) is 2. The standard InChI is InChI=1S/C15H19N3O/c1-15(2)5-6-18(9-15)14(19)13-8-10-7-11(16)3-4-12(10)17-13/h3-4,7-8,17H,5-6,9,16H2,1-2H3. The van der Waals surface area contributed by atoms with Crippen molar-refractivity contribution in [2.24, 2.45) is 5.41 Å². The third-order valence-electron chi connectivity index (χ3n) is 3.84. The number of nitrogen functional groups attached to an aromatic ring is 1. The van der Waals surface area contributed by atoms with Gasteiger partial charge in [0.05, 0.1) is 0 Å². The maximum absolute atomic E-state index is 12.5. The smallest absolute Gasteiger partial charge is 0.270 e. The number of carbonyl (C=O) groups excluding carboxylic acids is 1. The number of nitrogens with zero attached hydrogens (tertiary/aromatic N) is 1. The molecule has 2 heterocycles. The molecule has 0 radical (unpaired) electrons. The van der Waals surface area contributed by atoms with Crippen molar-refractivity contribution in [2.45, 2.75) is 20.3 Å². The Hall–Kier alpha value is -1.97. The molecule has 1 aliphatic rings. The predicted octanol–water partition coefficient (Wildman–Crippen LogP) is 2.62. The number of amides is 1. The zero-order valence-corrected chi connectivity index (χ0v) is 11.4. The highest BCUT2D eigenvalue weighted by Crippen LogP contribution is 2.30. The van der Waals surface area contributed by atoms with Gasteiger partial charge in [-0.15, -0.1) is 0 Å². The Balaban J connectivity index is 1.90. The second-order valence-electron chi connectivity index (χ2n) is 6.17. The fraction of sp³-hybridized carbons (Fsp3) is 0.400. The van der Waals surface area contributed by atoms with Gasteiger partial charge in [-0.2, -0.15) is 0 Å². The molecule has 4 heteroatoms. The van der Waals surface area contributed by atoms with E-state index in [1.165, 1.54) is 0 Å². The summed E-state index contributed by atoms with van der Waals surface area (Å²) in [7, 11) is 0. The van der Waals surface area contributed by atoms with E-state index in [1.54, 1.807) is 0 Å². The molecule has 3 rings (SSSR count). The largest absolute Gasteiger partial charge is 0.399 e. The molecule has 100 valence electrons. The minimum absolute atomic E-state index is 0.0837. The maximum atomic E-state index is 12.5. The molecule has 2 aromatic rings. The van der Waals surface area contributed by atoms with Crippen molar-refractivity contribution in [3.63, 3.8) is 0 Å². The van der Waals surface area contributed by atoms with Crippen LogP contribution in [0.3, 0.4) is 0 Å². The lowest BCUT2D eigenvalue weighted by molar-refractivity contribution is 0.0773. The Morgan fingerprint density at radius 2 is 2.16 bits per heavy atom. The summed E-state index contributed by atoms with van der Waals surface area (Å²) in [5.74, 6) is 0.0837. The first kappa shape index (κ1) is 12.1. The summed E-state index contributed by atoms with van der Waals surface area (Å²) in [5.41, 5.74) is 8.31. The molecule has 0 bridgehead atoms. The minimum Gasteiger partial charge on any atom is -0.399 e. The van der Waals surface area contributed by atoms with Crippen LogP contribution in [-0.4, -0.2) is 28.9 Å². The highest BCUT2D eigenvalue weighted by molar-refractivity contribution is 5.98. The Kier molecular flexibility index (Phi) is 2.55. The lowest BCUT2D eigenvalue weighted by Gasteiger charge is -2.19. The van der Waals surface area contributed by atoms with Gasteiger partial charge < -0.3 is 15.6 Å². The Bertz CT molecular complexity index is 642. The van der Waals surface area contributed by atoms with E-state index < -0.39 is 0 Å². The quantitative estimate of drug-likeness (QED) is 0.771. The molecule has 1 aliphatic heterocycles. The molecule has 1 fully saturated rings. The number of aromatic amines is 1. The summed E-state index contributed by atoms with van der Waals surface area (Å²) in [6.45, 7) is 6.06. The topological polar surface area (TPSA) is 62.1 Å². The number of likely N-dealkylation sites (tertiary alicyclic amines) is 1. The van der Waals surface area contributed by atoms with Gasteiger partial charge in [0.15, 0.2) is 0 Å². The van der Waals surface area contributed by atoms with E-state index >= 15 is 0 Å². The van der Waals surface area contributed by atoms with Gasteiger partial charge >= 0.3 is 0 Å². The van der Waals surface area contributed by atoms with E-state index in [9.17, 15) is 4.79 Å². The molecule has 0 unspecified atom stereocenters. The zero-order chi connectivity index (χ0) is 13.6. The lowest BCUT2D eigenvalue weighted by atomic mass is 9.93. The van der Waals surface area contributed by atoms with Gasteiger partial charge in [0.1, 0.15) is 5.69 Å². The van der Waals surface area contributed by atoms with Crippen LogP contribution in [0.4, 0.5) is 5.69 Å². The van der Waals surface area contributed by atoms with Gasteiger partial charge in [-0.1, -0.05) is 13.8 Å². The Morgan fingerprint density at radius 1 is 1.37 bits per heavy atom. The predicted molar refractivity (Wildman–Crippen MR) is 77.0 cm³/mol. The van der Waals surface area contributed by atoms with Gasteiger partial charge in [0.2, 0.25) is 0 Å². The van der Waals surface area contributed by atoms with Crippen molar-refractivity contribution in [3.8, 4) is 0 Å². The summed E-state index contributed by atoms with van der Waals surface area (Å²) in [4.78, 5) is 17.6. The molecule has 19 heavy (non-hydrogen) atoms. The number of H-pyrrole nitrogens is 1. The van der Waals surface area contributed by atoms with Crippen molar-refractivity contribution >= 4 is 22.5 Å². The number of aromatic nitrogens is 1. The van der Waals surface area contributed by atoms with Crippen molar-refractivity contribution < 1.29 is 4.79 Å². The van der Waals surface area contributed by atoms with Crippen LogP contribution in [0.25, 0.3) is 10.9 Å². The van der Waals surface area contributed by atoms with Crippen LogP contribution in [0.5, 0.6) is 0 Å². The molecular weight excluding hydrogens is 238 g/mol. The van der Waals surface area contributed by atoms with Gasteiger partial charge in [0, 0.05) is 29.7 Å². The summed E-state index contributed by atoms with van der Waals surface area (Å²) >= 11 is 0. The number of carbonyl (C=O) groups is 1. The zero-order valence-electron chi connectivity index (χ0n) is 11.4. The van der Waals surface area contributed by atoms with Crippen molar-refractivity contribution in [1.29, 1.82) is 0 Å². The first-order valence-electron chi connectivity index (χ1n) is 6.62. The Labute approximate surface area is 112 Å². The van der Waals surface area contributed by atoms with Gasteiger partial charge in [-0.3, -0.25) is 4.79 Å². The van der Waals surface area contributed by atoms with Gasteiger partial charge in [0.25, 0.3) is 5.91 Å². The second-order valence-corrected chi connectivity index (χ2v) is 6.17. The lowest BCUT2D eigenvalue weighted by Crippen LogP contribution is -2.30. The van der Waals surface area contributed by atoms with Crippen LogP contribution in [0, 0.1) is 5.41 Å². The molecule has 3 N–H and O–H groups in total. The van der Waals surface area contributed by atoms with Crippen LogP contribution < -0.4 is 5.73 Å². The number of nitrogens with one attached hydrogen (secondary N) is 1. The van der Waals surface area contributed by atoms with Crippen LogP contribution >= 0.6 is 0 Å². The molecule has 1 saturated heterocycles. The summed E-state index contributed by atoms with van der Waals surface area (Å²) in [6.07, 6.45) is 1.06. The first-order chi connectivity index (χ1) is 8.94. The van der Waals surface area contributed by atoms with Gasteiger partial charge in [-0.05, 0) is 36.1 Å². The van der Waals surface area contributed by atoms with Crippen LogP contribution in [0.2, 0.25) is 0 Å². The maximum Gasteiger partial charge on any atom is 0.270 e. The average Bonchev–Trinajstić information content (AvgIpc) is 2.90. The number of hydrogen-bond acceptors (Lipinski definition) is 2. The first-order valence-corrected chi connectivity index (χ1v) is 6.62. The molecule has 0 atom stereocenters. The van der Waals surface area contributed by atoms with E-state index in [4.69, 9.17) is 5.73 Å². The highest BCUT2D eigenvalue weighted by Gasteiger charge is 2.32. The monoisotopic (exact) mass is 257 g/mol. The number of fused-ring (bicyclic) bond motifs is 1. The van der Waals surface area contributed by atoms with Crippen molar-refractivity contribution in [2.75, 3.05) is 18.8 Å². The van der Waals surface area contributed by atoms with E-state index in [-0.39, 0.29) is 11.3 Å². The third kappa shape index (κ3) is 2.18. The van der Waals surface area contributed by atoms with Gasteiger partial charge in [-0.25, -0.2) is 0 Å². The molecule has 0 aliphatic carbocycles. The molecule has 4 nitrogen and oxygen atoms in total. The number of anilines is 1. The molecular formula is C15H19N3O. The number of rotatable bonds is 1. The van der Waals surface area contributed by atoms with E-state index in [1.807, 2.05) is 29.2 Å². The van der Waals surface area contributed by atoms with Crippen molar-refractivity contribution in [1.82, 2.24) is 9.88 Å². The van der Waals surface area contributed by atoms with Crippen LogP contribution in [0.1, 0.15) is 30.8 Å². The van der Waals surface area contributed by atoms with E-state index in [2.05, 4.69) is 18.8 Å². The number of benzene rings is 1. The minimum atomic E-state index is 0.0837. The fourth-order valence-corrected chi connectivity index (χ4v) is 2.72. The van der Waals surface area contributed by atoms with Crippen molar-refractivity contribution in [3.05, 3.63) is 30.0 Å². The molecule has 0 spiro atoms. The molecule has 1 aromatic heterocycles. The van der Waals surface area contributed by atoms with E-state index in [0.717, 1.165) is 30.4 Å². The van der Waals surface area contributed by atoms with Crippen LogP contribution in [-0.2, 0) is 0 Å². The summed E-state index contributed by atoms with van der Waals surface area (Å²) < 4.78 is 0. The van der Waals surface area contributed by atoms with Crippen LogP contribution in [0.15, 0.2) is 24.3 Å². The van der Waals surface area contributed by atoms with E-state index in [0.29, 0.717) is 11.4 Å². The summed E-state index contributed by atoms with van der Waals surface area (Å²) in [6, 6.07) is 7.53. The Morgan fingerprint density at radius 3 is 2.84 bits per heavy atom. The molecule has 1 aromatic carbocycles. The summed E-state index contributed by atoms with van der Waals surface area (Å²) in [5, 5.41) is 0.988. The number of nitrogens with two attached hydrogens (primary N) is 1. The third-order valence-corrected chi connectivity index (χ3v) is 3.84.